The predicted molar refractivity (Wildman–Crippen MR) is 139 cm³/mol. The summed E-state index contributed by atoms with van der Waals surface area (Å²) in [6.07, 6.45) is 0. The molecule has 4 rings (SSSR count). The number of carbonyl (C=O) groups is 2. The Hall–Kier alpha value is -5.78. The molecular formula is C26H18N6O6. The van der Waals surface area contributed by atoms with Gasteiger partial charge in [0.05, 0.1) is 21.2 Å². The second-order valence-corrected chi connectivity index (χ2v) is 7.79. The highest BCUT2D eigenvalue weighted by Crippen LogP contribution is 2.31. The molecule has 0 aromatic heterocycles. The van der Waals surface area contributed by atoms with E-state index in [1.807, 2.05) is 6.07 Å². The quantitative estimate of drug-likeness (QED) is 0.157. The number of hydrogen-bond acceptors (Lipinski definition) is 8. The fraction of sp³-hybridized carbons (Fsp3) is 0. The van der Waals surface area contributed by atoms with Crippen LogP contribution in [0.5, 0.6) is 0 Å². The van der Waals surface area contributed by atoms with E-state index in [4.69, 9.17) is 0 Å². The van der Waals surface area contributed by atoms with Crippen LogP contribution < -0.4 is 10.6 Å². The van der Waals surface area contributed by atoms with E-state index in [1.54, 1.807) is 24.3 Å². The van der Waals surface area contributed by atoms with E-state index in [1.165, 1.54) is 54.6 Å². The average Bonchev–Trinajstić information content (AvgIpc) is 2.93. The van der Waals surface area contributed by atoms with Gasteiger partial charge in [-0.05, 0) is 42.5 Å². The molecule has 0 aliphatic heterocycles. The van der Waals surface area contributed by atoms with Crippen LogP contribution in [0.25, 0.3) is 0 Å². The number of anilines is 2. The number of nitrogens with one attached hydrogen (secondary N) is 2. The smallest absolute Gasteiger partial charge is 0.270 e. The van der Waals surface area contributed by atoms with Crippen LogP contribution in [0, 0.1) is 20.2 Å². The van der Waals surface area contributed by atoms with Crippen LogP contribution in [0.15, 0.2) is 107 Å². The summed E-state index contributed by atoms with van der Waals surface area (Å²) < 4.78 is 0. The van der Waals surface area contributed by atoms with Crippen molar-refractivity contribution in [3.8, 4) is 0 Å². The minimum atomic E-state index is -0.646. The Bertz CT molecular complexity index is 1570. The number of hydrogen-bond donors (Lipinski definition) is 2. The topological polar surface area (TPSA) is 169 Å². The first-order valence-electron chi connectivity index (χ1n) is 11.0. The average molecular weight is 510 g/mol. The maximum atomic E-state index is 12.9. The monoisotopic (exact) mass is 510 g/mol. The lowest BCUT2D eigenvalue weighted by Gasteiger charge is -2.11. The third-order valence-electron chi connectivity index (χ3n) is 5.17. The minimum absolute atomic E-state index is 0.0381. The standard InChI is InChI=1S/C26H18N6O6/c33-25(17-6-4-10-21(14-17)31(35)36)27-20-12-13-23(30-29-19-8-2-1-3-9-19)24(16-20)28-26(34)18-7-5-11-22(15-18)32(37)38/h1-16H,(H,27,33)(H,28,34). The Balaban J connectivity index is 1.64. The molecule has 2 amide bonds. The van der Waals surface area contributed by atoms with E-state index in [9.17, 15) is 29.8 Å². The van der Waals surface area contributed by atoms with Gasteiger partial charge in [0.1, 0.15) is 5.69 Å². The van der Waals surface area contributed by atoms with Crippen molar-refractivity contribution in [2.75, 3.05) is 10.6 Å². The minimum Gasteiger partial charge on any atom is -0.322 e. The molecule has 0 unspecified atom stereocenters. The number of amides is 2. The van der Waals surface area contributed by atoms with E-state index in [0.717, 1.165) is 12.1 Å². The number of carbonyl (C=O) groups excluding carboxylic acids is 2. The molecule has 0 fully saturated rings. The van der Waals surface area contributed by atoms with Gasteiger partial charge in [0.15, 0.2) is 0 Å². The molecule has 0 aliphatic carbocycles. The van der Waals surface area contributed by atoms with E-state index in [0.29, 0.717) is 5.69 Å². The second kappa shape index (κ2) is 11.3. The normalized spacial score (nSPS) is 10.6. The summed E-state index contributed by atoms with van der Waals surface area (Å²) in [5.41, 5.74) is 0.851. The van der Waals surface area contributed by atoms with Crippen molar-refractivity contribution >= 4 is 45.9 Å². The molecule has 0 heterocycles. The van der Waals surface area contributed by atoms with Gasteiger partial charge in [-0.1, -0.05) is 30.3 Å². The summed E-state index contributed by atoms with van der Waals surface area (Å²) in [6.45, 7) is 0. The Kier molecular flexibility index (Phi) is 7.53. The Morgan fingerprint density at radius 1 is 0.632 bits per heavy atom. The zero-order valence-corrected chi connectivity index (χ0v) is 19.5. The fourth-order valence-electron chi connectivity index (χ4n) is 3.33. The highest BCUT2D eigenvalue weighted by atomic mass is 16.6. The molecule has 2 N–H and O–H groups in total. The molecule has 12 heteroatoms. The Morgan fingerprint density at radius 3 is 1.79 bits per heavy atom. The van der Waals surface area contributed by atoms with Gasteiger partial charge >= 0.3 is 0 Å². The van der Waals surface area contributed by atoms with Gasteiger partial charge in [0, 0.05) is 41.1 Å². The van der Waals surface area contributed by atoms with Crippen LogP contribution in [0.1, 0.15) is 20.7 Å². The molecule has 0 bridgehead atoms. The lowest BCUT2D eigenvalue weighted by atomic mass is 10.1. The van der Waals surface area contributed by atoms with Crippen LogP contribution in [0.2, 0.25) is 0 Å². The maximum Gasteiger partial charge on any atom is 0.270 e. The van der Waals surface area contributed by atoms with E-state index in [2.05, 4.69) is 20.9 Å². The molecule has 188 valence electrons. The van der Waals surface area contributed by atoms with Crippen molar-refractivity contribution in [2.45, 2.75) is 0 Å². The van der Waals surface area contributed by atoms with Gasteiger partial charge < -0.3 is 10.6 Å². The van der Waals surface area contributed by atoms with Gasteiger partial charge in [-0.25, -0.2) is 0 Å². The number of rotatable bonds is 8. The third-order valence-corrected chi connectivity index (χ3v) is 5.17. The summed E-state index contributed by atoms with van der Waals surface area (Å²) in [4.78, 5) is 46.5. The summed E-state index contributed by atoms with van der Waals surface area (Å²) >= 11 is 0. The van der Waals surface area contributed by atoms with Crippen molar-refractivity contribution in [1.82, 2.24) is 0 Å². The number of nitrogens with zero attached hydrogens (tertiary/aromatic N) is 4. The highest BCUT2D eigenvalue weighted by Gasteiger charge is 2.16. The molecule has 12 nitrogen and oxygen atoms in total. The van der Waals surface area contributed by atoms with Crippen molar-refractivity contribution in [1.29, 1.82) is 0 Å². The molecule has 0 spiro atoms. The molecule has 0 saturated heterocycles. The van der Waals surface area contributed by atoms with Crippen LogP contribution in [-0.2, 0) is 0 Å². The van der Waals surface area contributed by atoms with Gasteiger partial charge in [0.2, 0.25) is 0 Å². The summed E-state index contributed by atoms with van der Waals surface area (Å²) in [7, 11) is 0. The largest absolute Gasteiger partial charge is 0.322 e. The molecule has 0 radical (unpaired) electrons. The lowest BCUT2D eigenvalue weighted by molar-refractivity contribution is -0.385. The van der Waals surface area contributed by atoms with Gasteiger partial charge in [-0.15, -0.1) is 5.11 Å². The molecule has 0 saturated carbocycles. The van der Waals surface area contributed by atoms with Crippen molar-refractivity contribution in [3.63, 3.8) is 0 Å². The SMILES string of the molecule is O=C(Nc1ccc(N=Nc2ccccc2)c(NC(=O)c2cccc([N+](=O)[O-])c2)c1)c1cccc([N+](=O)[O-])c1. The zero-order valence-electron chi connectivity index (χ0n) is 19.5. The number of nitro groups is 2. The lowest BCUT2D eigenvalue weighted by Crippen LogP contribution is -2.14. The van der Waals surface area contributed by atoms with Gasteiger partial charge in [0.25, 0.3) is 23.2 Å². The van der Waals surface area contributed by atoms with Crippen molar-refractivity contribution in [2.24, 2.45) is 10.2 Å². The van der Waals surface area contributed by atoms with Crippen molar-refractivity contribution < 1.29 is 19.4 Å². The highest BCUT2D eigenvalue weighted by molar-refractivity contribution is 6.08. The number of azo groups is 1. The van der Waals surface area contributed by atoms with Crippen LogP contribution in [-0.4, -0.2) is 21.7 Å². The number of non-ortho nitro benzene ring substituents is 2. The molecule has 0 atom stereocenters. The van der Waals surface area contributed by atoms with Crippen LogP contribution in [0.4, 0.5) is 34.1 Å². The predicted octanol–water partition coefficient (Wildman–Crippen LogP) is 6.42. The van der Waals surface area contributed by atoms with Gasteiger partial charge in [-0.3, -0.25) is 29.8 Å². The van der Waals surface area contributed by atoms with E-state index in [-0.39, 0.29) is 39.6 Å². The molecule has 0 aliphatic rings. The first kappa shape index (κ1) is 25.3. The molecular weight excluding hydrogens is 492 g/mol. The molecule has 4 aromatic carbocycles. The van der Waals surface area contributed by atoms with E-state index >= 15 is 0 Å². The Morgan fingerprint density at radius 2 is 1.21 bits per heavy atom. The van der Waals surface area contributed by atoms with Crippen LogP contribution in [0.3, 0.4) is 0 Å². The first-order valence-corrected chi connectivity index (χ1v) is 11.0. The fourth-order valence-corrected chi connectivity index (χ4v) is 3.33. The Labute approximate surface area is 215 Å². The zero-order chi connectivity index (χ0) is 27.1. The van der Waals surface area contributed by atoms with E-state index < -0.39 is 21.7 Å². The summed E-state index contributed by atoms with van der Waals surface area (Å²) in [6, 6.07) is 23.8. The van der Waals surface area contributed by atoms with Gasteiger partial charge in [-0.2, -0.15) is 5.11 Å². The second-order valence-electron chi connectivity index (χ2n) is 7.79. The summed E-state index contributed by atoms with van der Waals surface area (Å²) in [5, 5.41) is 35.8. The maximum absolute atomic E-state index is 12.9. The van der Waals surface area contributed by atoms with Crippen molar-refractivity contribution in [3.05, 3.63) is 128 Å². The summed E-state index contributed by atoms with van der Waals surface area (Å²) in [5.74, 6) is -1.25. The van der Waals surface area contributed by atoms with Crippen LogP contribution >= 0.6 is 0 Å². The third kappa shape index (κ3) is 6.26. The number of benzene rings is 4. The molecule has 38 heavy (non-hydrogen) atoms. The first-order chi connectivity index (χ1) is 18.3. The molecule has 4 aromatic rings. The number of nitro benzene ring substituents is 2.